The van der Waals surface area contributed by atoms with Gasteiger partial charge in [0.1, 0.15) is 5.75 Å². The van der Waals surface area contributed by atoms with E-state index in [9.17, 15) is 22.8 Å². The Balaban J connectivity index is 2.37. The van der Waals surface area contributed by atoms with Crippen molar-refractivity contribution in [2.75, 3.05) is 0 Å². The van der Waals surface area contributed by atoms with Crippen LogP contribution in [0.4, 0.5) is 13.2 Å². The molecule has 1 aromatic heterocycles. The first-order valence-corrected chi connectivity index (χ1v) is 5.86. The zero-order chi connectivity index (χ0) is 15.6. The van der Waals surface area contributed by atoms with Crippen LogP contribution < -0.4 is 10.3 Å². The molecule has 2 aromatic rings. The molecule has 1 heterocycles. The first-order valence-electron chi connectivity index (χ1n) is 5.86. The van der Waals surface area contributed by atoms with Gasteiger partial charge in [0.2, 0.25) is 0 Å². The zero-order valence-corrected chi connectivity index (χ0v) is 10.8. The van der Waals surface area contributed by atoms with Crippen LogP contribution in [0.15, 0.2) is 47.4 Å². The Morgan fingerprint density at radius 3 is 2.24 bits per heavy atom. The van der Waals surface area contributed by atoms with E-state index in [1.54, 1.807) is 0 Å². The van der Waals surface area contributed by atoms with E-state index in [1.807, 2.05) is 0 Å². The number of ketones is 1. The lowest BCUT2D eigenvalue weighted by Crippen LogP contribution is -2.19. The summed E-state index contributed by atoms with van der Waals surface area (Å²) in [5.41, 5.74) is 0.257. The molecule has 0 saturated heterocycles. The third-order valence-corrected chi connectivity index (χ3v) is 2.67. The van der Waals surface area contributed by atoms with Crippen LogP contribution in [0.3, 0.4) is 0 Å². The molecule has 21 heavy (non-hydrogen) atoms. The number of carbonyl (C=O) groups is 1. The van der Waals surface area contributed by atoms with E-state index in [0.717, 1.165) is 12.1 Å². The number of hydrogen-bond donors (Lipinski definition) is 0. The van der Waals surface area contributed by atoms with Gasteiger partial charge in [0.05, 0.1) is 0 Å². The topological polar surface area (TPSA) is 48.3 Å². The summed E-state index contributed by atoms with van der Waals surface area (Å²) in [5.74, 6) is -0.609. The van der Waals surface area contributed by atoms with E-state index in [4.69, 9.17) is 0 Å². The first-order chi connectivity index (χ1) is 9.76. The van der Waals surface area contributed by atoms with Crippen molar-refractivity contribution in [3.8, 4) is 11.4 Å². The minimum Gasteiger partial charge on any atom is -0.406 e. The molecule has 1 aromatic carbocycles. The monoisotopic (exact) mass is 297 g/mol. The van der Waals surface area contributed by atoms with Crippen molar-refractivity contribution in [1.29, 1.82) is 0 Å². The van der Waals surface area contributed by atoms with Gasteiger partial charge in [-0.15, -0.1) is 13.2 Å². The van der Waals surface area contributed by atoms with Gasteiger partial charge in [0, 0.05) is 23.5 Å². The zero-order valence-electron chi connectivity index (χ0n) is 10.8. The number of ether oxygens (including phenoxy) is 1. The number of alkyl halides is 3. The van der Waals surface area contributed by atoms with Gasteiger partial charge in [-0.05, 0) is 37.3 Å². The number of rotatable bonds is 3. The third kappa shape index (κ3) is 3.71. The summed E-state index contributed by atoms with van der Waals surface area (Å²) in [4.78, 5) is 23.0. The molecule has 0 radical (unpaired) electrons. The Bertz CT molecular complexity index is 717. The number of pyridine rings is 1. The SMILES string of the molecule is CC(=O)c1ccc(=O)n(-c2ccc(OC(F)(F)F)cc2)c1. The molecule has 0 atom stereocenters. The minimum absolute atomic E-state index is 0.222. The van der Waals surface area contributed by atoms with E-state index in [1.165, 1.54) is 42.0 Å². The van der Waals surface area contributed by atoms with Crippen molar-refractivity contribution < 1.29 is 22.7 Å². The third-order valence-electron chi connectivity index (χ3n) is 2.67. The molecule has 2 rings (SSSR count). The summed E-state index contributed by atoms with van der Waals surface area (Å²) in [6.07, 6.45) is -3.43. The average Bonchev–Trinajstić information content (AvgIpc) is 2.38. The summed E-state index contributed by atoms with van der Waals surface area (Å²) in [6, 6.07) is 7.39. The first kappa shape index (κ1) is 14.8. The van der Waals surface area contributed by atoms with Crippen molar-refractivity contribution in [2.24, 2.45) is 0 Å². The number of benzene rings is 1. The summed E-state index contributed by atoms with van der Waals surface area (Å²) in [5, 5.41) is 0. The molecule has 0 saturated carbocycles. The lowest BCUT2D eigenvalue weighted by Gasteiger charge is -2.10. The van der Waals surface area contributed by atoms with Crippen molar-refractivity contribution >= 4 is 5.78 Å². The highest BCUT2D eigenvalue weighted by molar-refractivity contribution is 5.93. The van der Waals surface area contributed by atoms with Crippen LogP contribution >= 0.6 is 0 Å². The van der Waals surface area contributed by atoms with Gasteiger partial charge < -0.3 is 4.74 Å². The summed E-state index contributed by atoms with van der Waals surface area (Å²) >= 11 is 0. The molecule has 0 unspecified atom stereocenters. The molecule has 0 aliphatic rings. The van der Waals surface area contributed by atoms with Gasteiger partial charge in [-0.3, -0.25) is 14.2 Å². The molecular formula is C14H10F3NO3. The van der Waals surface area contributed by atoms with E-state index in [0.29, 0.717) is 11.3 Å². The Morgan fingerprint density at radius 2 is 1.71 bits per heavy atom. The normalized spacial score (nSPS) is 11.2. The molecule has 7 heteroatoms. The fourth-order valence-corrected chi connectivity index (χ4v) is 1.71. The number of halogens is 3. The minimum atomic E-state index is -4.77. The Hall–Kier alpha value is -2.57. The highest BCUT2D eigenvalue weighted by Crippen LogP contribution is 2.23. The standard InChI is InChI=1S/C14H10F3NO3/c1-9(19)10-2-7-13(20)18(8-10)11-3-5-12(6-4-11)21-14(15,16)17/h2-8H,1H3. The molecule has 0 fully saturated rings. The molecule has 0 aliphatic carbocycles. The lowest BCUT2D eigenvalue weighted by molar-refractivity contribution is -0.274. The Labute approximate surface area is 117 Å². The van der Waals surface area contributed by atoms with Crippen molar-refractivity contribution in [1.82, 2.24) is 4.57 Å². The summed E-state index contributed by atoms with van der Waals surface area (Å²) in [7, 11) is 0. The maximum absolute atomic E-state index is 12.1. The number of hydrogen-bond acceptors (Lipinski definition) is 3. The summed E-state index contributed by atoms with van der Waals surface area (Å²) in [6.45, 7) is 1.35. The van der Waals surface area contributed by atoms with Gasteiger partial charge in [0.25, 0.3) is 5.56 Å². The average molecular weight is 297 g/mol. The molecule has 110 valence electrons. The van der Waals surface area contributed by atoms with Crippen LogP contribution in [0.5, 0.6) is 5.75 Å². The van der Waals surface area contributed by atoms with E-state index >= 15 is 0 Å². The van der Waals surface area contributed by atoms with Gasteiger partial charge in [-0.2, -0.15) is 0 Å². The van der Waals surface area contributed by atoms with Crippen molar-refractivity contribution in [2.45, 2.75) is 13.3 Å². The van der Waals surface area contributed by atoms with Crippen LogP contribution in [0, 0.1) is 0 Å². The maximum Gasteiger partial charge on any atom is 0.573 e. The van der Waals surface area contributed by atoms with Crippen LogP contribution in [0.25, 0.3) is 5.69 Å². The van der Waals surface area contributed by atoms with E-state index in [-0.39, 0.29) is 11.5 Å². The Kier molecular flexibility index (Phi) is 3.84. The second-order valence-electron chi connectivity index (χ2n) is 4.22. The van der Waals surface area contributed by atoms with E-state index in [2.05, 4.69) is 4.74 Å². The predicted molar refractivity (Wildman–Crippen MR) is 68.7 cm³/mol. The fraction of sp³-hybridized carbons (Fsp3) is 0.143. The lowest BCUT2D eigenvalue weighted by atomic mass is 10.2. The molecule has 0 aliphatic heterocycles. The number of aromatic nitrogens is 1. The van der Waals surface area contributed by atoms with Gasteiger partial charge in [-0.25, -0.2) is 0 Å². The largest absolute Gasteiger partial charge is 0.573 e. The Morgan fingerprint density at radius 1 is 1.10 bits per heavy atom. The van der Waals surface area contributed by atoms with Crippen LogP contribution in [-0.4, -0.2) is 16.7 Å². The molecule has 0 spiro atoms. The van der Waals surface area contributed by atoms with Crippen molar-refractivity contribution in [3.05, 3.63) is 58.5 Å². The molecule has 0 bridgehead atoms. The molecule has 0 amide bonds. The number of Topliss-reactive ketones (excluding diaryl/α,β-unsaturated/α-hetero) is 1. The molecular weight excluding hydrogens is 287 g/mol. The van der Waals surface area contributed by atoms with Crippen molar-refractivity contribution in [3.63, 3.8) is 0 Å². The smallest absolute Gasteiger partial charge is 0.406 e. The highest BCUT2D eigenvalue weighted by atomic mass is 19.4. The fourth-order valence-electron chi connectivity index (χ4n) is 1.71. The van der Waals surface area contributed by atoms with Crippen LogP contribution in [0.1, 0.15) is 17.3 Å². The number of nitrogens with zero attached hydrogens (tertiary/aromatic N) is 1. The number of carbonyl (C=O) groups excluding carboxylic acids is 1. The van der Waals surface area contributed by atoms with Crippen LogP contribution in [-0.2, 0) is 0 Å². The van der Waals surface area contributed by atoms with Crippen LogP contribution in [0.2, 0.25) is 0 Å². The van der Waals surface area contributed by atoms with Gasteiger partial charge >= 0.3 is 6.36 Å². The summed E-state index contributed by atoms with van der Waals surface area (Å²) < 4.78 is 41.1. The van der Waals surface area contributed by atoms with Gasteiger partial charge in [0.15, 0.2) is 5.78 Å². The highest BCUT2D eigenvalue weighted by Gasteiger charge is 2.30. The second kappa shape index (κ2) is 5.43. The maximum atomic E-state index is 12.1. The van der Waals surface area contributed by atoms with Gasteiger partial charge in [-0.1, -0.05) is 0 Å². The predicted octanol–water partition coefficient (Wildman–Crippen LogP) is 2.94. The molecule has 4 nitrogen and oxygen atoms in total. The second-order valence-corrected chi connectivity index (χ2v) is 4.22. The quantitative estimate of drug-likeness (QED) is 0.818. The molecule has 0 N–H and O–H groups in total. The van der Waals surface area contributed by atoms with E-state index < -0.39 is 11.9 Å².